The highest BCUT2D eigenvalue weighted by atomic mass is 16.1. The van der Waals surface area contributed by atoms with Crippen LogP contribution in [0.3, 0.4) is 0 Å². The van der Waals surface area contributed by atoms with Gasteiger partial charge >= 0.3 is 0 Å². The quantitative estimate of drug-likeness (QED) is 0.0898. The van der Waals surface area contributed by atoms with Crippen LogP contribution in [-0.2, 0) is 4.79 Å². The molecule has 0 saturated carbocycles. The van der Waals surface area contributed by atoms with Crippen LogP contribution in [0.25, 0.3) is 0 Å². The summed E-state index contributed by atoms with van der Waals surface area (Å²) in [5.41, 5.74) is 9.79. The number of allylic oxidation sites excluding steroid dienone is 26. The molecule has 0 heterocycles. The smallest absolute Gasteiger partial charge is 0.157 e. The number of ketones is 1. The first-order valence-electron chi connectivity index (χ1n) is 15.7. The first-order chi connectivity index (χ1) is 20.4. The van der Waals surface area contributed by atoms with Gasteiger partial charge in [-0.1, -0.05) is 155 Å². The van der Waals surface area contributed by atoms with Crippen LogP contribution in [0.2, 0.25) is 0 Å². The molecule has 1 heteroatoms. The van der Waals surface area contributed by atoms with Crippen molar-refractivity contribution in [2.45, 2.75) is 101 Å². The minimum absolute atomic E-state index is 0.235. The Morgan fingerprint density at radius 2 is 0.814 bits per heavy atom. The van der Waals surface area contributed by atoms with E-state index in [-0.39, 0.29) is 5.78 Å². The Balaban J connectivity index is 4.73. The highest BCUT2D eigenvalue weighted by Crippen LogP contribution is 2.10. The van der Waals surface area contributed by atoms with Crippen LogP contribution in [0.1, 0.15) is 101 Å². The van der Waals surface area contributed by atoms with Gasteiger partial charge in [-0.05, 0) is 93.6 Å². The summed E-state index contributed by atoms with van der Waals surface area (Å²) in [4.78, 5) is 11.6. The van der Waals surface area contributed by atoms with E-state index < -0.39 is 0 Å². The second-order valence-electron chi connectivity index (χ2n) is 11.5. The lowest BCUT2D eigenvalue weighted by atomic mass is 10.1. The molecule has 0 aliphatic heterocycles. The third-order valence-electron chi connectivity index (χ3n) is 6.59. The molecule has 0 aromatic carbocycles. The summed E-state index contributed by atoms with van der Waals surface area (Å²) in [7, 11) is 0. The largest absolute Gasteiger partial charge is 0.295 e. The fourth-order valence-corrected chi connectivity index (χ4v) is 3.73. The highest BCUT2D eigenvalue weighted by Gasteiger charge is 1.99. The number of Topliss-reactive ketones (excluding diaryl/α,β-unsaturated/α-hetero) is 1. The van der Waals surface area contributed by atoms with Gasteiger partial charge in [-0.3, -0.25) is 4.79 Å². The fraction of sp³-hybridized carbons (Fsp3) is 0.357. The van der Waals surface area contributed by atoms with E-state index >= 15 is 0 Å². The molecule has 0 saturated heterocycles. The summed E-state index contributed by atoms with van der Waals surface area (Å²) in [5.74, 6) is 0.235. The first-order valence-corrected chi connectivity index (χ1v) is 15.7. The lowest BCUT2D eigenvalue weighted by Gasteiger charge is -1.99. The van der Waals surface area contributed by atoms with Crippen molar-refractivity contribution in [1.82, 2.24) is 0 Å². The third kappa shape index (κ3) is 24.6. The van der Waals surface area contributed by atoms with Crippen molar-refractivity contribution in [3.63, 3.8) is 0 Å². The lowest BCUT2D eigenvalue weighted by molar-refractivity contribution is -0.115. The highest BCUT2D eigenvalue weighted by molar-refractivity contribution is 5.94. The summed E-state index contributed by atoms with van der Waals surface area (Å²) in [5, 5.41) is 0. The van der Waals surface area contributed by atoms with E-state index in [0.717, 1.165) is 31.3 Å². The van der Waals surface area contributed by atoms with Gasteiger partial charge in [0, 0.05) is 6.42 Å². The second-order valence-corrected chi connectivity index (χ2v) is 11.5. The zero-order valence-corrected chi connectivity index (χ0v) is 28.8. The number of hydrogen-bond donors (Lipinski definition) is 0. The van der Waals surface area contributed by atoms with Gasteiger partial charge in [0.05, 0.1) is 0 Å². The molecular weight excluding hydrogens is 520 g/mol. The van der Waals surface area contributed by atoms with Crippen LogP contribution in [0, 0.1) is 0 Å². The predicted octanol–water partition coefficient (Wildman–Crippen LogP) is 12.9. The third-order valence-corrected chi connectivity index (χ3v) is 6.59. The van der Waals surface area contributed by atoms with Gasteiger partial charge in [-0.2, -0.15) is 0 Å². The van der Waals surface area contributed by atoms with Crippen LogP contribution >= 0.6 is 0 Å². The van der Waals surface area contributed by atoms with Gasteiger partial charge in [0.2, 0.25) is 0 Å². The Bertz CT molecular complexity index is 1260. The monoisotopic (exact) mass is 578 g/mol. The summed E-state index contributed by atoms with van der Waals surface area (Å²) in [6.45, 7) is 20.9. The topological polar surface area (TPSA) is 17.1 Å². The first kappa shape index (κ1) is 39.3. The lowest BCUT2D eigenvalue weighted by Crippen LogP contribution is -1.96. The molecule has 0 amide bonds. The van der Waals surface area contributed by atoms with E-state index in [1.54, 1.807) is 0 Å². The summed E-state index contributed by atoms with van der Waals surface area (Å²) in [6, 6.07) is 0. The molecule has 0 rings (SSSR count). The minimum Gasteiger partial charge on any atom is -0.295 e. The van der Waals surface area contributed by atoms with Crippen molar-refractivity contribution in [2.75, 3.05) is 0 Å². The van der Waals surface area contributed by atoms with Crippen LogP contribution < -0.4 is 0 Å². The maximum absolute atomic E-state index is 11.6. The zero-order valence-electron chi connectivity index (χ0n) is 28.8. The molecule has 0 aliphatic rings. The van der Waals surface area contributed by atoms with E-state index in [1.807, 2.05) is 13.8 Å². The van der Waals surface area contributed by atoms with Crippen LogP contribution in [0.15, 0.2) is 154 Å². The normalized spacial score (nSPS) is 15.3. The molecule has 232 valence electrons. The molecule has 0 fully saturated rings. The van der Waals surface area contributed by atoms with Crippen LogP contribution in [0.5, 0.6) is 0 Å². The molecule has 0 aliphatic carbocycles. The van der Waals surface area contributed by atoms with Crippen molar-refractivity contribution in [1.29, 1.82) is 0 Å². The molecule has 43 heavy (non-hydrogen) atoms. The van der Waals surface area contributed by atoms with Crippen LogP contribution in [-0.4, -0.2) is 5.78 Å². The molecular formula is C42H58O. The van der Waals surface area contributed by atoms with Crippen LogP contribution in [0.4, 0.5) is 0 Å². The summed E-state index contributed by atoms with van der Waals surface area (Å²) >= 11 is 0. The Kier molecular flexibility index (Phi) is 22.7. The SMILES string of the molecule is CCC(=O)/C(C)=C/CC/C(C)=C/C=C/C(C)=C/C=C/C(C)=C/C=C/C=C(C)/C=C/C=C(C)/C=C/C=C(\C)CCC=C(C)C. The number of carbonyl (C=O) groups is 1. The van der Waals surface area contributed by atoms with E-state index in [9.17, 15) is 4.79 Å². The fourth-order valence-electron chi connectivity index (χ4n) is 3.73. The molecule has 0 N–H and O–H groups in total. The van der Waals surface area contributed by atoms with Crippen molar-refractivity contribution in [2.24, 2.45) is 0 Å². The standard InChI is InChI=1S/C42H58O/c1-11-42(43)41(10)33-19-32-40(9)31-18-30-39(8)28-16-25-36(5)22-13-12-21-35(4)24-15-27-38(7)29-17-26-37(6)23-14-20-34(2)3/h12-13,15-18,20-22,24-31,33H,11,14,19,23,32H2,1-10H3/b13-12+,24-15+,25-16+,29-17+,30-18+,35-21+,36-22+,37-26+,38-27+,39-28+,40-31+,41-33+. The molecule has 1 nitrogen and oxygen atoms in total. The molecule has 0 aromatic rings. The Hall–Kier alpha value is -3.71. The average Bonchev–Trinajstić information content (AvgIpc) is 2.94. The maximum atomic E-state index is 11.6. The van der Waals surface area contributed by atoms with Gasteiger partial charge in [0.25, 0.3) is 0 Å². The molecule has 0 aromatic heterocycles. The van der Waals surface area contributed by atoms with E-state index in [1.165, 1.54) is 39.0 Å². The Labute approximate surface area is 265 Å². The predicted molar refractivity (Wildman–Crippen MR) is 195 cm³/mol. The number of hydrogen-bond acceptors (Lipinski definition) is 1. The molecule has 0 spiro atoms. The molecule has 0 atom stereocenters. The van der Waals surface area contributed by atoms with Gasteiger partial charge in [-0.25, -0.2) is 0 Å². The van der Waals surface area contributed by atoms with Crippen molar-refractivity contribution in [3.8, 4) is 0 Å². The van der Waals surface area contributed by atoms with Crippen molar-refractivity contribution in [3.05, 3.63) is 154 Å². The zero-order chi connectivity index (χ0) is 32.5. The van der Waals surface area contributed by atoms with Gasteiger partial charge in [0.15, 0.2) is 5.78 Å². The average molecular weight is 579 g/mol. The van der Waals surface area contributed by atoms with E-state index in [2.05, 4.69) is 165 Å². The molecule has 0 radical (unpaired) electrons. The molecule has 0 bridgehead atoms. The van der Waals surface area contributed by atoms with Crippen molar-refractivity contribution < 1.29 is 4.79 Å². The van der Waals surface area contributed by atoms with E-state index in [0.29, 0.717) is 6.42 Å². The van der Waals surface area contributed by atoms with Crippen molar-refractivity contribution >= 4 is 5.78 Å². The number of rotatable bonds is 18. The minimum atomic E-state index is 0.235. The Morgan fingerprint density at radius 3 is 1.19 bits per heavy atom. The summed E-state index contributed by atoms with van der Waals surface area (Å²) < 4.78 is 0. The molecule has 0 unspecified atom stereocenters. The summed E-state index contributed by atoms with van der Waals surface area (Å²) in [6.07, 6.45) is 43.0. The van der Waals surface area contributed by atoms with Gasteiger partial charge < -0.3 is 0 Å². The number of carbonyl (C=O) groups excluding carboxylic acids is 1. The Morgan fingerprint density at radius 1 is 0.465 bits per heavy atom. The maximum Gasteiger partial charge on any atom is 0.157 e. The van der Waals surface area contributed by atoms with E-state index in [4.69, 9.17) is 0 Å². The van der Waals surface area contributed by atoms with Gasteiger partial charge in [0.1, 0.15) is 0 Å². The van der Waals surface area contributed by atoms with Gasteiger partial charge in [-0.15, -0.1) is 0 Å². The second kappa shape index (κ2) is 24.8.